The van der Waals surface area contributed by atoms with Crippen LogP contribution in [-0.4, -0.2) is 18.4 Å². The van der Waals surface area contributed by atoms with Gasteiger partial charge in [0.05, 0.1) is 0 Å². The van der Waals surface area contributed by atoms with Gasteiger partial charge in [0.1, 0.15) is 5.75 Å². The molecule has 0 heterocycles. The van der Waals surface area contributed by atoms with E-state index < -0.39 is 5.41 Å². The number of carbonyl (C=O) groups excluding carboxylic acids is 2. The Kier molecular flexibility index (Phi) is 6.04. The van der Waals surface area contributed by atoms with Crippen LogP contribution in [-0.2, 0) is 9.59 Å². The molecule has 0 fully saturated rings. The topological polar surface area (TPSA) is 67.4 Å². The zero-order chi connectivity index (χ0) is 18.4. The molecule has 0 aromatic heterocycles. The van der Waals surface area contributed by atoms with Crippen molar-refractivity contribution in [3.8, 4) is 5.75 Å². The molecule has 0 saturated carbocycles. The number of ether oxygens (including phenoxy) is 1. The Morgan fingerprint density at radius 3 is 2.20 bits per heavy atom. The molecule has 0 unspecified atom stereocenters. The van der Waals surface area contributed by atoms with Gasteiger partial charge in [-0.3, -0.25) is 9.59 Å². The monoisotopic (exact) mass is 360 g/mol. The van der Waals surface area contributed by atoms with Gasteiger partial charge in [0.25, 0.3) is 5.91 Å². The molecule has 0 atom stereocenters. The van der Waals surface area contributed by atoms with Crippen molar-refractivity contribution in [3.05, 3.63) is 53.6 Å². The quantitative estimate of drug-likeness (QED) is 0.833. The van der Waals surface area contributed by atoms with Gasteiger partial charge in [0.15, 0.2) is 6.61 Å². The number of nitrogens with one attached hydrogen (secondary N) is 2. The van der Waals surface area contributed by atoms with Crippen LogP contribution in [0, 0.1) is 5.41 Å². The summed E-state index contributed by atoms with van der Waals surface area (Å²) in [5.41, 5.74) is 0.707. The standard InChI is InChI=1S/C19H21ClN2O3/c1-19(2,3)18(24)22-15-6-4-5-14(11-15)21-17(23)12-25-16-9-7-13(20)8-10-16/h4-11H,12H2,1-3H3,(H,21,23)(H,22,24). The smallest absolute Gasteiger partial charge is 0.262 e. The van der Waals surface area contributed by atoms with Crippen LogP contribution in [0.25, 0.3) is 0 Å². The lowest BCUT2D eigenvalue weighted by atomic mass is 9.95. The maximum atomic E-state index is 12.0. The number of rotatable bonds is 5. The summed E-state index contributed by atoms with van der Waals surface area (Å²) in [6.07, 6.45) is 0. The van der Waals surface area contributed by atoms with Crippen molar-refractivity contribution in [2.24, 2.45) is 5.41 Å². The van der Waals surface area contributed by atoms with Gasteiger partial charge in [0.2, 0.25) is 5.91 Å². The fourth-order valence-corrected chi connectivity index (χ4v) is 2.00. The summed E-state index contributed by atoms with van der Waals surface area (Å²) in [6.45, 7) is 5.38. The minimum absolute atomic E-state index is 0.0953. The molecule has 0 saturated heterocycles. The predicted molar refractivity (Wildman–Crippen MR) is 100 cm³/mol. The largest absolute Gasteiger partial charge is 0.484 e. The average Bonchev–Trinajstić information content (AvgIpc) is 2.54. The second-order valence-electron chi connectivity index (χ2n) is 6.58. The molecule has 0 spiro atoms. The number of halogens is 1. The molecule has 2 aromatic rings. The van der Waals surface area contributed by atoms with Crippen LogP contribution in [0.4, 0.5) is 11.4 Å². The van der Waals surface area contributed by atoms with Crippen molar-refractivity contribution in [2.75, 3.05) is 17.2 Å². The number of hydrogen-bond donors (Lipinski definition) is 2. The Morgan fingerprint density at radius 1 is 1.00 bits per heavy atom. The summed E-state index contributed by atoms with van der Waals surface area (Å²) in [5.74, 6) is 0.169. The van der Waals surface area contributed by atoms with Gasteiger partial charge in [0, 0.05) is 21.8 Å². The highest BCUT2D eigenvalue weighted by molar-refractivity contribution is 6.30. The first-order valence-corrected chi connectivity index (χ1v) is 8.21. The Bertz CT molecular complexity index is 752. The highest BCUT2D eigenvalue weighted by atomic mass is 35.5. The third-order valence-corrected chi connectivity index (χ3v) is 3.52. The van der Waals surface area contributed by atoms with Crippen molar-refractivity contribution in [1.82, 2.24) is 0 Å². The van der Waals surface area contributed by atoms with Crippen molar-refractivity contribution in [3.63, 3.8) is 0 Å². The summed E-state index contributed by atoms with van der Waals surface area (Å²) >= 11 is 5.80. The number of anilines is 2. The van der Waals surface area contributed by atoms with E-state index in [0.717, 1.165) is 0 Å². The molecule has 2 rings (SSSR count). The first kappa shape index (κ1) is 18.8. The van der Waals surface area contributed by atoms with Crippen molar-refractivity contribution < 1.29 is 14.3 Å². The van der Waals surface area contributed by atoms with Crippen LogP contribution in [0.5, 0.6) is 5.75 Å². The summed E-state index contributed by atoms with van der Waals surface area (Å²) in [5, 5.41) is 6.16. The Balaban J connectivity index is 1.91. The number of hydrogen-bond acceptors (Lipinski definition) is 3. The third kappa shape index (κ3) is 6.12. The van der Waals surface area contributed by atoms with Crippen LogP contribution in [0.15, 0.2) is 48.5 Å². The summed E-state index contributed by atoms with van der Waals surface area (Å²) < 4.78 is 5.39. The number of benzene rings is 2. The van der Waals surface area contributed by atoms with E-state index in [2.05, 4.69) is 10.6 Å². The lowest BCUT2D eigenvalue weighted by molar-refractivity contribution is -0.123. The molecule has 2 amide bonds. The van der Waals surface area contributed by atoms with Crippen molar-refractivity contribution in [1.29, 1.82) is 0 Å². The van der Waals surface area contributed by atoms with Gasteiger partial charge in [-0.25, -0.2) is 0 Å². The van der Waals surface area contributed by atoms with Gasteiger partial charge in [-0.2, -0.15) is 0 Å². The van der Waals surface area contributed by atoms with E-state index >= 15 is 0 Å². The first-order chi connectivity index (χ1) is 11.7. The van der Waals surface area contributed by atoms with Gasteiger partial charge < -0.3 is 15.4 Å². The molecule has 0 radical (unpaired) electrons. The van der Waals surface area contributed by atoms with E-state index in [0.29, 0.717) is 22.1 Å². The minimum Gasteiger partial charge on any atom is -0.484 e. The van der Waals surface area contributed by atoms with Gasteiger partial charge >= 0.3 is 0 Å². The normalized spacial score (nSPS) is 10.9. The third-order valence-electron chi connectivity index (χ3n) is 3.27. The molecular weight excluding hydrogens is 340 g/mol. The molecule has 5 nitrogen and oxygen atoms in total. The van der Waals surface area contributed by atoms with E-state index in [1.165, 1.54) is 0 Å². The van der Waals surface area contributed by atoms with E-state index in [4.69, 9.17) is 16.3 Å². The fourth-order valence-electron chi connectivity index (χ4n) is 1.87. The zero-order valence-electron chi connectivity index (χ0n) is 14.4. The predicted octanol–water partition coefficient (Wildman–Crippen LogP) is 4.34. The highest BCUT2D eigenvalue weighted by Gasteiger charge is 2.21. The molecule has 2 N–H and O–H groups in total. The number of amides is 2. The molecule has 132 valence electrons. The van der Waals surface area contributed by atoms with Gasteiger partial charge in [-0.15, -0.1) is 0 Å². The Morgan fingerprint density at radius 2 is 1.60 bits per heavy atom. The molecule has 0 aliphatic rings. The summed E-state index contributed by atoms with van der Waals surface area (Å²) in [7, 11) is 0. The molecule has 0 bridgehead atoms. The maximum Gasteiger partial charge on any atom is 0.262 e. The molecule has 0 aliphatic carbocycles. The maximum absolute atomic E-state index is 12.0. The molecule has 2 aromatic carbocycles. The van der Waals surface area contributed by atoms with E-state index in [1.807, 2.05) is 20.8 Å². The Labute approximate surface area is 152 Å². The van der Waals surface area contributed by atoms with Crippen molar-refractivity contribution >= 4 is 34.8 Å². The second kappa shape index (κ2) is 8.03. The van der Waals surface area contributed by atoms with E-state index in [-0.39, 0.29) is 18.4 Å². The zero-order valence-corrected chi connectivity index (χ0v) is 15.2. The van der Waals surface area contributed by atoms with Crippen molar-refractivity contribution in [2.45, 2.75) is 20.8 Å². The average molecular weight is 361 g/mol. The van der Waals surface area contributed by atoms with Gasteiger partial charge in [-0.1, -0.05) is 38.4 Å². The minimum atomic E-state index is -0.494. The van der Waals surface area contributed by atoms with Crippen LogP contribution < -0.4 is 15.4 Å². The Hall–Kier alpha value is -2.53. The van der Waals surface area contributed by atoms with Crippen LogP contribution in [0.1, 0.15) is 20.8 Å². The number of carbonyl (C=O) groups is 2. The van der Waals surface area contributed by atoms with E-state index in [9.17, 15) is 9.59 Å². The lowest BCUT2D eigenvalue weighted by Gasteiger charge is -2.18. The second-order valence-corrected chi connectivity index (χ2v) is 7.01. The highest BCUT2D eigenvalue weighted by Crippen LogP contribution is 2.20. The fraction of sp³-hybridized carbons (Fsp3) is 0.263. The van der Waals surface area contributed by atoms with Crippen LogP contribution >= 0.6 is 11.6 Å². The SMILES string of the molecule is CC(C)(C)C(=O)Nc1cccc(NC(=O)COc2ccc(Cl)cc2)c1. The molecule has 6 heteroatoms. The summed E-state index contributed by atoms with van der Waals surface area (Å²) in [4.78, 5) is 24.0. The van der Waals surface area contributed by atoms with Gasteiger partial charge in [-0.05, 0) is 42.5 Å². The first-order valence-electron chi connectivity index (χ1n) is 7.84. The summed E-state index contributed by atoms with van der Waals surface area (Å²) in [6, 6.07) is 13.7. The molecule has 25 heavy (non-hydrogen) atoms. The van der Waals surface area contributed by atoms with E-state index in [1.54, 1.807) is 48.5 Å². The molecular formula is C19H21ClN2O3. The van der Waals surface area contributed by atoms with Crippen LogP contribution in [0.3, 0.4) is 0 Å². The molecule has 0 aliphatic heterocycles. The van der Waals surface area contributed by atoms with Crippen LogP contribution in [0.2, 0.25) is 5.02 Å². The lowest BCUT2D eigenvalue weighted by Crippen LogP contribution is -2.27.